The number of carboxylic acid groups (broad SMARTS) is 1. The van der Waals surface area contributed by atoms with E-state index in [-0.39, 0.29) is 0 Å². The molecule has 16 heavy (non-hydrogen) atoms. The summed E-state index contributed by atoms with van der Waals surface area (Å²) in [6.07, 6.45) is 3.86. The molecule has 86 valence electrons. The average molecular weight is 220 g/mol. The number of nitrogens with zero attached hydrogens (tertiary/aromatic N) is 2. The number of pyridine rings is 1. The van der Waals surface area contributed by atoms with Crippen LogP contribution in [0.2, 0.25) is 0 Å². The van der Waals surface area contributed by atoms with E-state index in [0.717, 1.165) is 24.2 Å². The normalized spacial score (nSPS) is 16.9. The molecule has 1 unspecified atom stereocenters. The maximum Gasteiger partial charge on any atom is 0.326 e. The lowest BCUT2D eigenvalue weighted by Crippen LogP contribution is -2.41. The molecule has 1 N–H and O–H groups in total. The van der Waals surface area contributed by atoms with Gasteiger partial charge >= 0.3 is 5.97 Å². The highest BCUT2D eigenvalue weighted by atomic mass is 16.4. The Morgan fingerprint density at radius 1 is 1.62 bits per heavy atom. The maximum absolute atomic E-state index is 11.1. The van der Waals surface area contributed by atoms with Crippen molar-refractivity contribution in [3.63, 3.8) is 0 Å². The first kappa shape index (κ1) is 10.9. The van der Waals surface area contributed by atoms with Gasteiger partial charge in [-0.1, -0.05) is 0 Å². The van der Waals surface area contributed by atoms with E-state index in [4.69, 9.17) is 5.11 Å². The van der Waals surface area contributed by atoms with Crippen molar-refractivity contribution >= 4 is 11.8 Å². The summed E-state index contributed by atoms with van der Waals surface area (Å²) in [6.45, 7) is 3.70. The van der Waals surface area contributed by atoms with E-state index in [9.17, 15) is 4.79 Å². The van der Waals surface area contributed by atoms with E-state index in [1.54, 1.807) is 13.1 Å². The minimum Gasteiger partial charge on any atom is -0.480 e. The predicted octanol–water partition coefficient (Wildman–Crippen LogP) is 1.83. The van der Waals surface area contributed by atoms with E-state index in [2.05, 4.69) is 4.98 Å². The van der Waals surface area contributed by atoms with Crippen LogP contribution in [0.1, 0.15) is 25.3 Å². The first-order valence-electron chi connectivity index (χ1n) is 5.53. The van der Waals surface area contributed by atoms with Crippen LogP contribution in [0.15, 0.2) is 18.3 Å². The Labute approximate surface area is 94.9 Å². The Morgan fingerprint density at radius 3 is 2.81 bits per heavy atom. The van der Waals surface area contributed by atoms with Gasteiger partial charge in [-0.15, -0.1) is 0 Å². The topological polar surface area (TPSA) is 53.4 Å². The number of aromatic nitrogens is 1. The van der Waals surface area contributed by atoms with Gasteiger partial charge < -0.3 is 10.0 Å². The first-order valence-corrected chi connectivity index (χ1v) is 5.53. The fourth-order valence-electron chi connectivity index (χ4n) is 1.83. The zero-order valence-electron chi connectivity index (χ0n) is 9.55. The van der Waals surface area contributed by atoms with Gasteiger partial charge in [0, 0.05) is 12.2 Å². The van der Waals surface area contributed by atoms with Gasteiger partial charge in [0.15, 0.2) is 0 Å². The smallest absolute Gasteiger partial charge is 0.326 e. The van der Waals surface area contributed by atoms with Crippen LogP contribution in [0.4, 0.5) is 5.82 Å². The van der Waals surface area contributed by atoms with Crippen LogP contribution in [0, 0.1) is 6.92 Å². The predicted molar refractivity (Wildman–Crippen MR) is 61.6 cm³/mol. The molecule has 4 heteroatoms. The monoisotopic (exact) mass is 220 g/mol. The molecule has 0 spiro atoms. The molecule has 1 aliphatic carbocycles. The highest BCUT2D eigenvalue weighted by molar-refractivity contribution is 5.77. The van der Waals surface area contributed by atoms with Crippen LogP contribution < -0.4 is 4.90 Å². The van der Waals surface area contributed by atoms with Crippen LogP contribution in [0.5, 0.6) is 0 Å². The van der Waals surface area contributed by atoms with E-state index in [0.29, 0.717) is 6.04 Å². The highest BCUT2D eigenvalue weighted by Crippen LogP contribution is 2.32. The van der Waals surface area contributed by atoms with Crippen molar-refractivity contribution in [2.45, 2.75) is 38.8 Å². The Bertz CT molecular complexity index is 402. The second-order valence-electron chi connectivity index (χ2n) is 4.34. The Hall–Kier alpha value is -1.58. The summed E-state index contributed by atoms with van der Waals surface area (Å²) in [7, 11) is 0. The number of carbonyl (C=O) groups is 1. The largest absolute Gasteiger partial charge is 0.480 e. The first-order chi connectivity index (χ1) is 7.59. The molecule has 0 aliphatic heterocycles. The van der Waals surface area contributed by atoms with Crippen LogP contribution in [-0.4, -0.2) is 28.1 Å². The number of anilines is 1. The van der Waals surface area contributed by atoms with Gasteiger partial charge in [0.25, 0.3) is 0 Å². The Morgan fingerprint density at radius 2 is 2.31 bits per heavy atom. The molecule has 1 saturated carbocycles. The second-order valence-corrected chi connectivity index (χ2v) is 4.34. The molecule has 0 saturated heterocycles. The summed E-state index contributed by atoms with van der Waals surface area (Å²) in [4.78, 5) is 17.2. The van der Waals surface area contributed by atoms with Gasteiger partial charge in [-0.2, -0.15) is 0 Å². The molecule has 1 aromatic rings. The van der Waals surface area contributed by atoms with Crippen molar-refractivity contribution in [3.8, 4) is 0 Å². The molecule has 2 rings (SSSR count). The van der Waals surface area contributed by atoms with Crippen molar-refractivity contribution in [1.29, 1.82) is 0 Å². The van der Waals surface area contributed by atoms with Crippen molar-refractivity contribution in [1.82, 2.24) is 4.98 Å². The fraction of sp³-hybridized carbons (Fsp3) is 0.500. The molecule has 0 amide bonds. The quantitative estimate of drug-likeness (QED) is 0.841. The van der Waals surface area contributed by atoms with Crippen molar-refractivity contribution in [2.24, 2.45) is 0 Å². The molecule has 0 bridgehead atoms. The standard InChI is InChI=1S/C12H16N2O2/c1-8-5-6-13-11(7-8)14(10-3-4-10)9(2)12(15)16/h5-7,9-10H,3-4H2,1-2H3,(H,15,16). The van der Waals surface area contributed by atoms with E-state index in [1.807, 2.05) is 24.0 Å². The molecule has 4 nitrogen and oxygen atoms in total. The number of carboxylic acids is 1. The zero-order valence-corrected chi connectivity index (χ0v) is 9.55. The lowest BCUT2D eigenvalue weighted by molar-refractivity contribution is -0.138. The third-order valence-corrected chi connectivity index (χ3v) is 2.88. The molecule has 0 aromatic carbocycles. The maximum atomic E-state index is 11.1. The number of aryl methyl sites for hydroxylation is 1. The van der Waals surface area contributed by atoms with Crippen LogP contribution in [0.3, 0.4) is 0 Å². The average Bonchev–Trinajstić information content (AvgIpc) is 3.02. The van der Waals surface area contributed by atoms with Gasteiger partial charge in [-0.3, -0.25) is 0 Å². The summed E-state index contributed by atoms with van der Waals surface area (Å²) < 4.78 is 0. The molecule has 1 heterocycles. The molecule has 0 radical (unpaired) electrons. The summed E-state index contributed by atoms with van der Waals surface area (Å²) in [5.41, 5.74) is 1.10. The Balaban J connectivity index is 2.28. The van der Waals surface area contributed by atoms with Crippen molar-refractivity contribution < 1.29 is 9.90 Å². The Kier molecular flexibility index (Phi) is 2.81. The SMILES string of the molecule is Cc1ccnc(N(C2CC2)C(C)C(=O)O)c1. The fourth-order valence-corrected chi connectivity index (χ4v) is 1.83. The zero-order chi connectivity index (χ0) is 11.7. The minimum atomic E-state index is -0.796. The third-order valence-electron chi connectivity index (χ3n) is 2.88. The minimum absolute atomic E-state index is 0.348. The highest BCUT2D eigenvalue weighted by Gasteiger charge is 2.35. The molecule has 1 aliphatic rings. The summed E-state index contributed by atoms with van der Waals surface area (Å²) in [5.74, 6) is -0.0207. The number of aliphatic carboxylic acids is 1. The lowest BCUT2D eigenvalue weighted by Gasteiger charge is -2.27. The molecule has 1 aromatic heterocycles. The van der Waals surface area contributed by atoms with Gasteiger partial charge in [0.2, 0.25) is 0 Å². The van der Waals surface area contributed by atoms with Gasteiger partial charge in [-0.25, -0.2) is 9.78 Å². The second kappa shape index (κ2) is 4.12. The molecular weight excluding hydrogens is 204 g/mol. The van der Waals surface area contributed by atoms with E-state index >= 15 is 0 Å². The van der Waals surface area contributed by atoms with Crippen LogP contribution in [0.25, 0.3) is 0 Å². The molecule has 1 atom stereocenters. The van der Waals surface area contributed by atoms with Crippen molar-refractivity contribution in [3.05, 3.63) is 23.9 Å². The van der Waals surface area contributed by atoms with Gasteiger partial charge in [-0.05, 0) is 44.4 Å². The van der Waals surface area contributed by atoms with Crippen molar-refractivity contribution in [2.75, 3.05) is 4.90 Å². The van der Waals surface area contributed by atoms with Crippen LogP contribution >= 0.6 is 0 Å². The summed E-state index contributed by atoms with van der Waals surface area (Å²) in [6, 6.07) is 3.69. The number of rotatable bonds is 4. The third kappa shape index (κ3) is 2.15. The number of hydrogen-bond acceptors (Lipinski definition) is 3. The van der Waals surface area contributed by atoms with Crippen LogP contribution in [-0.2, 0) is 4.79 Å². The molecular formula is C12H16N2O2. The molecule has 1 fully saturated rings. The lowest BCUT2D eigenvalue weighted by atomic mass is 10.2. The van der Waals surface area contributed by atoms with Gasteiger partial charge in [0.05, 0.1) is 0 Å². The number of hydrogen-bond donors (Lipinski definition) is 1. The summed E-state index contributed by atoms with van der Waals surface area (Å²) >= 11 is 0. The van der Waals surface area contributed by atoms with Gasteiger partial charge in [0.1, 0.15) is 11.9 Å². The summed E-state index contributed by atoms with van der Waals surface area (Å²) in [5, 5.41) is 9.09. The van der Waals surface area contributed by atoms with E-state index < -0.39 is 12.0 Å². The van der Waals surface area contributed by atoms with E-state index in [1.165, 1.54) is 0 Å².